The number of aryl methyl sites for hydroxylation is 2. The quantitative estimate of drug-likeness (QED) is 0.866. The third-order valence-corrected chi connectivity index (χ3v) is 3.20. The Labute approximate surface area is 119 Å². The van der Waals surface area contributed by atoms with Crippen LogP contribution in [-0.4, -0.2) is 0 Å². The topological polar surface area (TPSA) is 26.0 Å². The molecule has 0 aliphatic heterocycles. The summed E-state index contributed by atoms with van der Waals surface area (Å²) in [5.74, 6) is 0. The van der Waals surface area contributed by atoms with Crippen LogP contribution in [0.25, 0.3) is 0 Å². The van der Waals surface area contributed by atoms with Gasteiger partial charge < -0.3 is 5.73 Å². The molecule has 1 nitrogen and oxygen atoms in total. The maximum Gasteiger partial charge on any atom is 0.0554 e. The Balaban J connectivity index is 0.00000162. The lowest BCUT2D eigenvalue weighted by molar-refractivity contribution is 0.861. The SMILES string of the molecule is Cc1ccc(C(N)c2cccc(Cl)c2)c(C)c1.Cl. The second-order valence-electron chi connectivity index (χ2n) is 4.39. The minimum atomic E-state index is -0.116. The van der Waals surface area contributed by atoms with Crippen LogP contribution in [0.15, 0.2) is 42.5 Å². The molecule has 18 heavy (non-hydrogen) atoms. The average molecular weight is 282 g/mol. The lowest BCUT2D eigenvalue weighted by Crippen LogP contribution is -2.13. The van der Waals surface area contributed by atoms with Crippen molar-refractivity contribution in [3.05, 3.63) is 69.7 Å². The van der Waals surface area contributed by atoms with E-state index >= 15 is 0 Å². The summed E-state index contributed by atoms with van der Waals surface area (Å²) in [6.45, 7) is 4.18. The highest BCUT2D eigenvalue weighted by atomic mass is 35.5. The van der Waals surface area contributed by atoms with Gasteiger partial charge in [0.25, 0.3) is 0 Å². The van der Waals surface area contributed by atoms with E-state index in [9.17, 15) is 0 Å². The van der Waals surface area contributed by atoms with Crippen molar-refractivity contribution in [2.75, 3.05) is 0 Å². The first-order valence-corrected chi connectivity index (χ1v) is 6.04. The minimum absolute atomic E-state index is 0. The van der Waals surface area contributed by atoms with E-state index in [1.807, 2.05) is 24.3 Å². The van der Waals surface area contributed by atoms with Crippen LogP contribution in [0.5, 0.6) is 0 Å². The maximum atomic E-state index is 6.28. The van der Waals surface area contributed by atoms with Crippen LogP contribution in [0.1, 0.15) is 28.3 Å². The zero-order chi connectivity index (χ0) is 12.4. The summed E-state index contributed by atoms with van der Waals surface area (Å²) >= 11 is 5.99. The summed E-state index contributed by atoms with van der Waals surface area (Å²) < 4.78 is 0. The van der Waals surface area contributed by atoms with Crippen LogP contribution >= 0.6 is 24.0 Å². The fourth-order valence-corrected chi connectivity index (χ4v) is 2.25. The van der Waals surface area contributed by atoms with Gasteiger partial charge in [0, 0.05) is 5.02 Å². The van der Waals surface area contributed by atoms with Crippen molar-refractivity contribution >= 4 is 24.0 Å². The third-order valence-electron chi connectivity index (χ3n) is 2.97. The standard InChI is InChI=1S/C15H16ClN.ClH/c1-10-6-7-14(11(2)8-10)15(17)12-4-3-5-13(16)9-12;/h3-9,15H,17H2,1-2H3;1H. The summed E-state index contributed by atoms with van der Waals surface area (Å²) in [7, 11) is 0. The first kappa shape index (κ1) is 15.0. The van der Waals surface area contributed by atoms with Crippen molar-refractivity contribution in [3.63, 3.8) is 0 Å². The number of hydrogen-bond acceptors (Lipinski definition) is 1. The molecule has 1 unspecified atom stereocenters. The highest BCUT2D eigenvalue weighted by Crippen LogP contribution is 2.25. The highest BCUT2D eigenvalue weighted by molar-refractivity contribution is 6.30. The second kappa shape index (κ2) is 6.24. The molecule has 0 aliphatic rings. The molecule has 0 spiro atoms. The molecule has 0 radical (unpaired) electrons. The van der Waals surface area contributed by atoms with Gasteiger partial charge in [0.05, 0.1) is 6.04 Å². The predicted molar refractivity (Wildman–Crippen MR) is 80.6 cm³/mol. The van der Waals surface area contributed by atoms with Crippen LogP contribution in [0.4, 0.5) is 0 Å². The van der Waals surface area contributed by atoms with Crippen molar-refractivity contribution in [3.8, 4) is 0 Å². The number of nitrogens with two attached hydrogens (primary N) is 1. The molecule has 0 saturated carbocycles. The van der Waals surface area contributed by atoms with E-state index in [0.29, 0.717) is 0 Å². The summed E-state index contributed by atoms with van der Waals surface area (Å²) in [6, 6.07) is 13.9. The van der Waals surface area contributed by atoms with Crippen LogP contribution in [0, 0.1) is 13.8 Å². The Morgan fingerprint density at radius 2 is 1.78 bits per heavy atom. The van der Waals surface area contributed by atoms with Gasteiger partial charge >= 0.3 is 0 Å². The van der Waals surface area contributed by atoms with Crippen molar-refractivity contribution in [1.82, 2.24) is 0 Å². The van der Waals surface area contributed by atoms with Crippen molar-refractivity contribution < 1.29 is 0 Å². The molecule has 0 heterocycles. The molecule has 1 atom stereocenters. The first-order chi connectivity index (χ1) is 8.08. The Morgan fingerprint density at radius 1 is 1.06 bits per heavy atom. The Bertz CT molecular complexity index is 538. The molecule has 3 heteroatoms. The third kappa shape index (κ3) is 3.26. The molecule has 2 N–H and O–H groups in total. The molecule has 0 bridgehead atoms. The molecule has 0 aromatic heterocycles. The van der Waals surface area contributed by atoms with Gasteiger partial charge in [0.1, 0.15) is 0 Å². The smallest absolute Gasteiger partial charge is 0.0554 e. The summed E-state index contributed by atoms with van der Waals surface area (Å²) in [4.78, 5) is 0. The van der Waals surface area contributed by atoms with Gasteiger partial charge in [-0.2, -0.15) is 0 Å². The van der Waals surface area contributed by atoms with E-state index in [0.717, 1.165) is 16.1 Å². The predicted octanol–water partition coefficient (Wildman–Crippen LogP) is 4.43. The molecule has 96 valence electrons. The van der Waals surface area contributed by atoms with Crippen molar-refractivity contribution in [1.29, 1.82) is 0 Å². The summed E-state index contributed by atoms with van der Waals surface area (Å²) in [5, 5.41) is 0.725. The number of hydrogen-bond donors (Lipinski definition) is 1. The zero-order valence-corrected chi connectivity index (χ0v) is 12.1. The average Bonchev–Trinajstić information content (AvgIpc) is 2.28. The molecule has 0 fully saturated rings. The van der Waals surface area contributed by atoms with Gasteiger partial charge in [-0.3, -0.25) is 0 Å². The fourth-order valence-electron chi connectivity index (χ4n) is 2.05. The molecule has 2 aromatic rings. The molecular formula is C15H17Cl2N. The molecule has 2 aromatic carbocycles. The zero-order valence-electron chi connectivity index (χ0n) is 10.5. The monoisotopic (exact) mass is 281 g/mol. The first-order valence-electron chi connectivity index (χ1n) is 5.66. The van der Waals surface area contributed by atoms with Crippen LogP contribution in [-0.2, 0) is 0 Å². The van der Waals surface area contributed by atoms with Gasteiger partial charge in [-0.25, -0.2) is 0 Å². The van der Waals surface area contributed by atoms with Crippen LogP contribution in [0.2, 0.25) is 5.02 Å². The Kier molecular flexibility index (Phi) is 5.21. The number of rotatable bonds is 2. The molecule has 0 amide bonds. The number of benzene rings is 2. The van der Waals surface area contributed by atoms with Gasteiger partial charge in [0.15, 0.2) is 0 Å². The van der Waals surface area contributed by atoms with Crippen molar-refractivity contribution in [2.45, 2.75) is 19.9 Å². The van der Waals surface area contributed by atoms with E-state index in [-0.39, 0.29) is 18.4 Å². The lowest BCUT2D eigenvalue weighted by atomic mass is 9.95. The van der Waals surface area contributed by atoms with E-state index in [1.165, 1.54) is 11.1 Å². The van der Waals surface area contributed by atoms with Gasteiger partial charge in [-0.1, -0.05) is 47.5 Å². The second-order valence-corrected chi connectivity index (χ2v) is 4.83. The lowest BCUT2D eigenvalue weighted by Gasteiger charge is -2.16. The largest absolute Gasteiger partial charge is 0.320 e. The van der Waals surface area contributed by atoms with Gasteiger partial charge in [-0.05, 0) is 42.7 Å². The Morgan fingerprint density at radius 3 is 2.39 bits per heavy atom. The molecule has 0 aliphatic carbocycles. The minimum Gasteiger partial charge on any atom is -0.320 e. The van der Waals surface area contributed by atoms with E-state index < -0.39 is 0 Å². The fraction of sp³-hybridized carbons (Fsp3) is 0.200. The number of halogens is 2. The summed E-state index contributed by atoms with van der Waals surface area (Å²) in [5.41, 5.74) is 10.9. The molecule has 2 rings (SSSR count). The normalized spacial score (nSPS) is 11.8. The summed E-state index contributed by atoms with van der Waals surface area (Å²) in [6.07, 6.45) is 0. The van der Waals surface area contributed by atoms with Crippen molar-refractivity contribution in [2.24, 2.45) is 5.73 Å². The maximum absolute atomic E-state index is 6.28. The van der Waals surface area contributed by atoms with Gasteiger partial charge in [0.2, 0.25) is 0 Å². The van der Waals surface area contributed by atoms with E-state index in [4.69, 9.17) is 17.3 Å². The van der Waals surface area contributed by atoms with Gasteiger partial charge in [-0.15, -0.1) is 12.4 Å². The molecule has 0 saturated heterocycles. The van der Waals surface area contributed by atoms with Crippen LogP contribution < -0.4 is 5.73 Å². The molecular weight excluding hydrogens is 265 g/mol. The van der Waals surface area contributed by atoms with Crippen LogP contribution in [0.3, 0.4) is 0 Å². The van der Waals surface area contributed by atoms with E-state index in [2.05, 4.69) is 32.0 Å². The highest BCUT2D eigenvalue weighted by Gasteiger charge is 2.11. The Hall–Kier alpha value is -1.02. The van der Waals surface area contributed by atoms with E-state index in [1.54, 1.807) is 0 Å².